The van der Waals surface area contributed by atoms with E-state index in [0.717, 1.165) is 11.8 Å². The molecule has 0 spiro atoms. The van der Waals surface area contributed by atoms with Gasteiger partial charge in [-0.1, -0.05) is 25.1 Å². The van der Waals surface area contributed by atoms with Gasteiger partial charge in [0.15, 0.2) is 9.84 Å². The lowest BCUT2D eigenvalue weighted by Gasteiger charge is -2.10. The largest absolute Gasteiger partial charge is 0.457 e. The van der Waals surface area contributed by atoms with Gasteiger partial charge in [0, 0.05) is 6.26 Å². The second-order valence-electron chi connectivity index (χ2n) is 4.84. The van der Waals surface area contributed by atoms with Crippen LogP contribution in [0.4, 0.5) is 0 Å². The molecule has 2 aromatic carbocycles. The van der Waals surface area contributed by atoms with Crippen LogP contribution in [0.15, 0.2) is 53.4 Å². The van der Waals surface area contributed by atoms with Crippen LogP contribution in [0.1, 0.15) is 25.0 Å². The van der Waals surface area contributed by atoms with Crippen LogP contribution in [0.25, 0.3) is 0 Å². The van der Waals surface area contributed by atoms with Crippen molar-refractivity contribution in [2.75, 3.05) is 6.26 Å². The summed E-state index contributed by atoms with van der Waals surface area (Å²) in [6.45, 7) is 1.91. The number of aliphatic hydroxyl groups is 1. The Morgan fingerprint density at radius 3 is 2.33 bits per heavy atom. The van der Waals surface area contributed by atoms with Gasteiger partial charge in [-0.2, -0.15) is 0 Å². The fourth-order valence-corrected chi connectivity index (χ4v) is 2.55. The zero-order valence-electron chi connectivity index (χ0n) is 12.0. The molecule has 5 heteroatoms. The summed E-state index contributed by atoms with van der Waals surface area (Å²) in [6, 6.07) is 13.5. The molecule has 0 unspecified atom stereocenters. The van der Waals surface area contributed by atoms with Crippen LogP contribution < -0.4 is 4.74 Å². The Morgan fingerprint density at radius 2 is 1.76 bits per heavy atom. The molecular weight excluding hydrogens is 288 g/mol. The molecule has 0 saturated carbocycles. The van der Waals surface area contributed by atoms with Crippen molar-refractivity contribution in [2.24, 2.45) is 0 Å². The third-order valence-electron chi connectivity index (χ3n) is 3.12. The molecule has 4 nitrogen and oxygen atoms in total. The Morgan fingerprint density at radius 1 is 1.10 bits per heavy atom. The van der Waals surface area contributed by atoms with Crippen LogP contribution in [0.3, 0.4) is 0 Å². The fourth-order valence-electron chi connectivity index (χ4n) is 1.90. The van der Waals surface area contributed by atoms with Crippen LogP contribution in [-0.2, 0) is 9.84 Å². The van der Waals surface area contributed by atoms with Gasteiger partial charge in [0.05, 0.1) is 11.0 Å². The lowest BCUT2D eigenvalue weighted by molar-refractivity contribution is 0.173. The molecule has 2 aromatic rings. The number of hydrogen-bond acceptors (Lipinski definition) is 4. The van der Waals surface area contributed by atoms with Crippen LogP contribution in [-0.4, -0.2) is 19.8 Å². The van der Waals surface area contributed by atoms with Crippen molar-refractivity contribution in [1.29, 1.82) is 0 Å². The number of ether oxygens (including phenoxy) is 1. The van der Waals surface area contributed by atoms with E-state index in [-0.39, 0.29) is 4.90 Å². The van der Waals surface area contributed by atoms with E-state index in [1.807, 2.05) is 6.92 Å². The van der Waals surface area contributed by atoms with Crippen LogP contribution in [0.5, 0.6) is 11.5 Å². The summed E-state index contributed by atoms with van der Waals surface area (Å²) in [6.07, 6.45) is 1.33. The van der Waals surface area contributed by atoms with Crippen molar-refractivity contribution >= 4 is 9.84 Å². The lowest BCUT2D eigenvalue weighted by Crippen LogP contribution is -1.97. The zero-order chi connectivity index (χ0) is 15.5. The summed E-state index contributed by atoms with van der Waals surface area (Å²) >= 11 is 0. The Labute approximate surface area is 124 Å². The van der Waals surface area contributed by atoms with Gasteiger partial charge < -0.3 is 9.84 Å². The van der Waals surface area contributed by atoms with E-state index < -0.39 is 15.9 Å². The van der Waals surface area contributed by atoms with Crippen LogP contribution >= 0.6 is 0 Å². The number of rotatable bonds is 5. The van der Waals surface area contributed by atoms with E-state index in [0.29, 0.717) is 17.9 Å². The van der Waals surface area contributed by atoms with Gasteiger partial charge in [-0.3, -0.25) is 0 Å². The fraction of sp³-hybridized carbons (Fsp3) is 0.250. The standard InChI is InChI=1S/C16H18O4S/c1-3-16(17)12-7-9-13(10-8-12)20-14-5-4-6-15(11-14)21(2,18)19/h4-11,16-17H,3H2,1-2H3/t16-/m0/s1. The van der Waals surface area contributed by atoms with Crippen molar-refractivity contribution < 1.29 is 18.3 Å². The Balaban J connectivity index is 2.19. The minimum atomic E-state index is -3.25. The van der Waals surface area contributed by atoms with Crippen molar-refractivity contribution in [1.82, 2.24) is 0 Å². The first kappa shape index (κ1) is 15.5. The molecule has 112 valence electrons. The highest BCUT2D eigenvalue weighted by Crippen LogP contribution is 2.26. The predicted octanol–water partition coefficient (Wildman–Crippen LogP) is 3.33. The van der Waals surface area contributed by atoms with Crippen molar-refractivity contribution in [2.45, 2.75) is 24.3 Å². The first-order valence-electron chi connectivity index (χ1n) is 6.66. The maximum Gasteiger partial charge on any atom is 0.175 e. The summed E-state index contributed by atoms with van der Waals surface area (Å²) in [7, 11) is -3.25. The smallest absolute Gasteiger partial charge is 0.175 e. The average molecular weight is 306 g/mol. The maximum atomic E-state index is 11.5. The molecule has 0 aliphatic carbocycles. The average Bonchev–Trinajstić information content (AvgIpc) is 2.47. The summed E-state index contributed by atoms with van der Waals surface area (Å²) in [5, 5.41) is 9.73. The monoisotopic (exact) mass is 306 g/mol. The van der Waals surface area contributed by atoms with Gasteiger partial charge >= 0.3 is 0 Å². The highest BCUT2D eigenvalue weighted by atomic mass is 32.2. The highest BCUT2D eigenvalue weighted by Gasteiger charge is 2.09. The van der Waals surface area contributed by atoms with Gasteiger partial charge in [0.25, 0.3) is 0 Å². The minimum Gasteiger partial charge on any atom is -0.457 e. The van der Waals surface area contributed by atoms with Crippen molar-refractivity contribution in [3.8, 4) is 11.5 Å². The third kappa shape index (κ3) is 4.06. The highest BCUT2D eigenvalue weighted by molar-refractivity contribution is 7.90. The molecule has 0 heterocycles. The number of benzene rings is 2. The van der Waals surface area contributed by atoms with Gasteiger partial charge in [-0.25, -0.2) is 8.42 Å². The number of sulfone groups is 1. The van der Waals surface area contributed by atoms with E-state index in [1.54, 1.807) is 36.4 Å². The molecule has 0 fully saturated rings. The second kappa shape index (κ2) is 6.28. The summed E-state index contributed by atoms with van der Waals surface area (Å²) in [4.78, 5) is 0.220. The van der Waals surface area contributed by atoms with Crippen molar-refractivity contribution in [3.05, 3.63) is 54.1 Å². The van der Waals surface area contributed by atoms with E-state index in [2.05, 4.69) is 0 Å². The van der Waals surface area contributed by atoms with Crippen LogP contribution in [0.2, 0.25) is 0 Å². The zero-order valence-corrected chi connectivity index (χ0v) is 12.8. The summed E-state index contributed by atoms with van der Waals surface area (Å²) in [5.41, 5.74) is 0.828. The van der Waals surface area contributed by atoms with Gasteiger partial charge in [0.1, 0.15) is 11.5 Å². The topological polar surface area (TPSA) is 63.6 Å². The second-order valence-corrected chi connectivity index (χ2v) is 6.86. The summed E-state index contributed by atoms with van der Waals surface area (Å²) < 4.78 is 28.7. The number of hydrogen-bond donors (Lipinski definition) is 1. The van der Waals surface area contributed by atoms with Crippen LogP contribution in [0, 0.1) is 0 Å². The van der Waals surface area contributed by atoms with E-state index in [4.69, 9.17) is 4.74 Å². The first-order valence-corrected chi connectivity index (χ1v) is 8.55. The van der Waals surface area contributed by atoms with E-state index >= 15 is 0 Å². The Bertz CT molecular complexity index is 705. The predicted molar refractivity (Wildman–Crippen MR) is 81.3 cm³/mol. The van der Waals surface area contributed by atoms with Gasteiger partial charge in [-0.15, -0.1) is 0 Å². The SMILES string of the molecule is CC[C@H](O)c1ccc(Oc2cccc(S(C)(=O)=O)c2)cc1. The van der Waals surface area contributed by atoms with Crippen molar-refractivity contribution in [3.63, 3.8) is 0 Å². The molecule has 0 aromatic heterocycles. The van der Waals surface area contributed by atoms with E-state index in [1.165, 1.54) is 12.1 Å². The molecule has 0 radical (unpaired) electrons. The van der Waals surface area contributed by atoms with Gasteiger partial charge in [0.2, 0.25) is 0 Å². The molecule has 0 aliphatic rings. The molecule has 1 N–H and O–H groups in total. The van der Waals surface area contributed by atoms with Gasteiger partial charge in [-0.05, 0) is 42.3 Å². The minimum absolute atomic E-state index is 0.220. The third-order valence-corrected chi connectivity index (χ3v) is 4.23. The Hall–Kier alpha value is -1.85. The molecule has 21 heavy (non-hydrogen) atoms. The maximum absolute atomic E-state index is 11.5. The molecule has 1 atom stereocenters. The first-order chi connectivity index (χ1) is 9.90. The Kier molecular flexibility index (Phi) is 4.65. The molecule has 0 saturated heterocycles. The molecule has 0 aliphatic heterocycles. The molecule has 0 bridgehead atoms. The quantitative estimate of drug-likeness (QED) is 0.920. The molecule has 2 rings (SSSR count). The molecular formula is C16H18O4S. The normalized spacial score (nSPS) is 12.9. The van der Waals surface area contributed by atoms with E-state index in [9.17, 15) is 13.5 Å². The summed E-state index contributed by atoms with van der Waals surface area (Å²) in [5.74, 6) is 1.05. The number of aliphatic hydroxyl groups excluding tert-OH is 1. The lowest BCUT2D eigenvalue weighted by atomic mass is 10.1. The molecule has 0 amide bonds.